The van der Waals surface area contributed by atoms with Crippen LogP contribution in [-0.4, -0.2) is 16.9 Å². The molecule has 194 valence electrons. The lowest BCUT2D eigenvalue weighted by atomic mass is 9.79. The van der Waals surface area contributed by atoms with Crippen molar-refractivity contribution in [2.75, 3.05) is 0 Å². The van der Waals surface area contributed by atoms with E-state index < -0.39 is 35.4 Å². The molecule has 0 heterocycles. The largest absolute Gasteiger partial charge is 0.489 e. The van der Waals surface area contributed by atoms with Crippen molar-refractivity contribution in [3.63, 3.8) is 0 Å². The molecule has 3 aromatic rings. The van der Waals surface area contributed by atoms with E-state index in [0.29, 0.717) is 35.4 Å². The summed E-state index contributed by atoms with van der Waals surface area (Å²) < 4.78 is 84.8. The molecule has 0 radical (unpaired) electrons. The number of Topliss-reactive ketones (excluding diaryl/α,β-unsaturated/α-hetero) is 1. The Labute approximate surface area is 207 Å². The van der Waals surface area contributed by atoms with E-state index >= 15 is 0 Å². The van der Waals surface area contributed by atoms with Gasteiger partial charge in [-0.1, -0.05) is 12.1 Å². The molecule has 0 aromatic heterocycles. The number of aryl methyl sites for hydroxylation is 1. The van der Waals surface area contributed by atoms with Crippen LogP contribution in [0.3, 0.4) is 0 Å². The monoisotopic (exact) mass is 522 g/mol. The highest BCUT2D eigenvalue weighted by molar-refractivity contribution is 6.00. The van der Waals surface area contributed by atoms with Gasteiger partial charge in [-0.25, -0.2) is 4.79 Å². The zero-order valence-corrected chi connectivity index (χ0v) is 19.1. The highest BCUT2D eigenvalue weighted by atomic mass is 19.4. The SMILES string of the molecule is O=C(O)c1ccc(COc2ccc3c(c2)CCC(Cc2cc(C(F)(F)F)cc(C(F)(F)F)c2)C3=O)cc1. The maximum atomic E-state index is 13.2. The van der Waals surface area contributed by atoms with E-state index in [1.807, 2.05) is 0 Å². The summed E-state index contributed by atoms with van der Waals surface area (Å²) in [7, 11) is 0. The number of carbonyl (C=O) groups is 2. The molecule has 0 fully saturated rings. The highest BCUT2D eigenvalue weighted by Gasteiger charge is 2.37. The zero-order valence-electron chi connectivity index (χ0n) is 19.1. The molecule has 10 heteroatoms. The molecule has 4 nitrogen and oxygen atoms in total. The minimum atomic E-state index is -4.95. The van der Waals surface area contributed by atoms with Crippen molar-refractivity contribution in [2.24, 2.45) is 5.92 Å². The van der Waals surface area contributed by atoms with Crippen molar-refractivity contribution in [3.05, 3.63) is 99.6 Å². The second-order valence-electron chi connectivity index (χ2n) is 8.83. The number of alkyl halides is 6. The molecular weight excluding hydrogens is 502 g/mol. The van der Waals surface area contributed by atoms with Gasteiger partial charge < -0.3 is 9.84 Å². The zero-order chi connectivity index (χ0) is 27.0. The second kappa shape index (κ2) is 9.91. The molecule has 37 heavy (non-hydrogen) atoms. The number of carbonyl (C=O) groups excluding carboxylic acids is 1. The fourth-order valence-corrected chi connectivity index (χ4v) is 4.31. The summed E-state index contributed by atoms with van der Waals surface area (Å²) in [4.78, 5) is 24.0. The molecule has 1 aliphatic carbocycles. The minimum absolute atomic E-state index is 0.0730. The summed E-state index contributed by atoms with van der Waals surface area (Å²) in [5, 5.41) is 8.96. The molecule has 0 aliphatic heterocycles. The third kappa shape index (κ3) is 6.12. The lowest BCUT2D eigenvalue weighted by molar-refractivity contribution is -0.143. The topological polar surface area (TPSA) is 63.6 Å². The molecule has 1 atom stereocenters. The minimum Gasteiger partial charge on any atom is -0.489 e. The van der Waals surface area contributed by atoms with Crippen molar-refractivity contribution in [2.45, 2.75) is 38.2 Å². The summed E-state index contributed by atoms with van der Waals surface area (Å²) in [6.07, 6.45) is -9.47. The van der Waals surface area contributed by atoms with Crippen LogP contribution in [0.15, 0.2) is 60.7 Å². The van der Waals surface area contributed by atoms with Gasteiger partial charge in [-0.2, -0.15) is 26.3 Å². The van der Waals surface area contributed by atoms with Gasteiger partial charge in [-0.3, -0.25) is 4.79 Å². The Bertz CT molecular complexity index is 1290. The maximum absolute atomic E-state index is 13.2. The summed E-state index contributed by atoms with van der Waals surface area (Å²) in [6.45, 7) is 0.159. The first-order valence-electron chi connectivity index (χ1n) is 11.2. The van der Waals surface area contributed by atoms with E-state index in [9.17, 15) is 35.9 Å². The quantitative estimate of drug-likeness (QED) is 0.355. The van der Waals surface area contributed by atoms with Crippen LogP contribution < -0.4 is 4.74 Å². The van der Waals surface area contributed by atoms with Crippen LogP contribution in [0, 0.1) is 5.92 Å². The fraction of sp³-hybridized carbons (Fsp3) is 0.259. The van der Waals surface area contributed by atoms with Gasteiger partial charge in [0, 0.05) is 11.5 Å². The Morgan fingerprint density at radius 3 is 2.05 bits per heavy atom. The van der Waals surface area contributed by atoms with Gasteiger partial charge in [0.05, 0.1) is 16.7 Å². The van der Waals surface area contributed by atoms with Crippen molar-refractivity contribution in [3.8, 4) is 5.75 Å². The normalized spacial score (nSPS) is 15.8. The van der Waals surface area contributed by atoms with Crippen LogP contribution in [0.5, 0.6) is 5.75 Å². The number of halogens is 6. The van der Waals surface area contributed by atoms with Gasteiger partial charge in [0.2, 0.25) is 0 Å². The molecule has 0 amide bonds. The van der Waals surface area contributed by atoms with Gasteiger partial charge in [0.1, 0.15) is 12.4 Å². The Kier molecular flexibility index (Phi) is 7.03. The smallest absolute Gasteiger partial charge is 0.416 e. The number of aromatic carboxylic acids is 1. The number of benzene rings is 3. The van der Waals surface area contributed by atoms with Crippen LogP contribution in [-0.2, 0) is 31.8 Å². The van der Waals surface area contributed by atoms with Crippen molar-refractivity contribution in [1.82, 2.24) is 0 Å². The van der Waals surface area contributed by atoms with E-state index in [1.54, 1.807) is 30.3 Å². The van der Waals surface area contributed by atoms with Gasteiger partial charge in [0.25, 0.3) is 0 Å². The summed E-state index contributed by atoms with van der Waals surface area (Å²) in [6, 6.07) is 12.3. The number of fused-ring (bicyclic) bond motifs is 1. The third-order valence-corrected chi connectivity index (χ3v) is 6.21. The molecule has 1 aliphatic rings. The molecule has 3 aromatic carbocycles. The van der Waals surface area contributed by atoms with Crippen LogP contribution >= 0.6 is 0 Å². The first-order valence-corrected chi connectivity index (χ1v) is 11.2. The molecular formula is C27H20F6O4. The van der Waals surface area contributed by atoms with E-state index in [2.05, 4.69) is 0 Å². The van der Waals surface area contributed by atoms with E-state index in [0.717, 1.165) is 5.56 Å². The summed E-state index contributed by atoms with van der Waals surface area (Å²) >= 11 is 0. The maximum Gasteiger partial charge on any atom is 0.416 e. The number of carboxylic acid groups (broad SMARTS) is 1. The average Bonchev–Trinajstić information content (AvgIpc) is 2.83. The van der Waals surface area contributed by atoms with E-state index in [1.165, 1.54) is 12.1 Å². The van der Waals surface area contributed by atoms with Crippen LogP contribution in [0.1, 0.15) is 55.0 Å². The summed E-state index contributed by atoms with van der Waals surface area (Å²) in [5.41, 5.74) is -1.08. The van der Waals surface area contributed by atoms with Crippen molar-refractivity contribution < 1.29 is 45.8 Å². The lowest BCUT2D eigenvalue weighted by Crippen LogP contribution is -2.25. The number of rotatable bonds is 6. The van der Waals surface area contributed by atoms with Gasteiger partial charge in [-0.15, -0.1) is 0 Å². The fourth-order valence-electron chi connectivity index (χ4n) is 4.31. The number of carboxylic acids is 1. The highest BCUT2D eigenvalue weighted by Crippen LogP contribution is 2.38. The summed E-state index contributed by atoms with van der Waals surface area (Å²) in [5.74, 6) is -1.67. The molecule has 1 N–H and O–H groups in total. The average molecular weight is 522 g/mol. The number of ketones is 1. The molecule has 0 saturated carbocycles. The molecule has 0 saturated heterocycles. The number of hydrogen-bond donors (Lipinski definition) is 1. The third-order valence-electron chi connectivity index (χ3n) is 6.21. The molecule has 1 unspecified atom stereocenters. The first-order chi connectivity index (χ1) is 17.3. The van der Waals surface area contributed by atoms with Crippen LogP contribution in [0.25, 0.3) is 0 Å². The molecule has 0 spiro atoms. The van der Waals surface area contributed by atoms with Gasteiger partial charge in [-0.05, 0) is 84.5 Å². The van der Waals surface area contributed by atoms with Gasteiger partial charge in [0.15, 0.2) is 5.78 Å². The molecule has 0 bridgehead atoms. The Balaban J connectivity index is 1.48. The standard InChI is InChI=1S/C27H20F6O4/c28-26(29,30)20-10-16(11-21(13-20)27(31,32)33)9-19-6-5-18-12-22(7-8-23(18)24(19)34)37-14-15-1-3-17(4-2-15)25(35)36/h1-4,7-8,10-13,19H,5-6,9,14H2,(H,35,36). The van der Waals surface area contributed by atoms with Gasteiger partial charge >= 0.3 is 18.3 Å². The first kappa shape index (κ1) is 26.2. The number of hydrogen-bond acceptors (Lipinski definition) is 3. The van der Waals surface area contributed by atoms with Crippen LogP contribution in [0.4, 0.5) is 26.3 Å². The lowest BCUT2D eigenvalue weighted by Gasteiger charge is -2.24. The molecule has 4 rings (SSSR count). The predicted octanol–water partition coefficient (Wildman–Crippen LogP) is 6.99. The predicted molar refractivity (Wildman–Crippen MR) is 120 cm³/mol. The van der Waals surface area contributed by atoms with Crippen molar-refractivity contribution in [1.29, 1.82) is 0 Å². The number of ether oxygens (including phenoxy) is 1. The Morgan fingerprint density at radius 2 is 1.49 bits per heavy atom. The van der Waals surface area contributed by atoms with E-state index in [4.69, 9.17) is 9.84 Å². The Morgan fingerprint density at radius 1 is 0.865 bits per heavy atom. The second-order valence-corrected chi connectivity index (χ2v) is 8.83. The van der Waals surface area contributed by atoms with E-state index in [-0.39, 0.29) is 42.4 Å². The Hall–Kier alpha value is -3.82. The van der Waals surface area contributed by atoms with Crippen LogP contribution in [0.2, 0.25) is 0 Å². The van der Waals surface area contributed by atoms with Crippen molar-refractivity contribution >= 4 is 11.8 Å².